The molecule has 3 rings (SSSR count). The number of hydrogen-bond donors (Lipinski definition) is 1. The van der Waals surface area contributed by atoms with Gasteiger partial charge in [-0.25, -0.2) is 0 Å². The van der Waals surface area contributed by atoms with Gasteiger partial charge in [0.25, 0.3) is 0 Å². The molecular weight excluding hydrogens is 224 g/mol. The molecule has 1 atom stereocenters. The van der Waals surface area contributed by atoms with Crippen molar-refractivity contribution in [1.29, 1.82) is 0 Å². The van der Waals surface area contributed by atoms with Gasteiger partial charge >= 0.3 is 0 Å². The van der Waals surface area contributed by atoms with Crippen LogP contribution in [0.1, 0.15) is 32.0 Å². The quantitative estimate of drug-likeness (QED) is 0.771. The Morgan fingerprint density at radius 2 is 1.94 bits per heavy atom. The van der Waals surface area contributed by atoms with Crippen LogP contribution in [0.15, 0.2) is 24.3 Å². The predicted octanol–water partition coefficient (Wildman–Crippen LogP) is 3.05. The second kappa shape index (κ2) is 3.59. The molecule has 96 valence electrons. The first-order valence-corrected chi connectivity index (χ1v) is 6.49. The molecule has 0 fully saturated rings. The van der Waals surface area contributed by atoms with Crippen LogP contribution in [0.4, 0.5) is 0 Å². The third kappa shape index (κ3) is 1.32. The van der Waals surface area contributed by atoms with E-state index in [1.54, 1.807) is 0 Å². The summed E-state index contributed by atoms with van der Waals surface area (Å²) >= 11 is 0. The van der Waals surface area contributed by atoms with Crippen LogP contribution in [-0.2, 0) is 19.0 Å². The Morgan fingerprint density at radius 1 is 1.28 bits per heavy atom. The summed E-state index contributed by atoms with van der Waals surface area (Å²) in [7, 11) is 2.12. The molecule has 2 heterocycles. The Labute approximate surface area is 108 Å². The fraction of sp³-hybridized carbons (Fsp3) is 0.467. The monoisotopic (exact) mass is 244 g/mol. The minimum Gasteiger partial charge on any atom is -0.347 e. The van der Waals surface area contributed by atoms with Crippen LogP contribution in [0.2, 0.25) is 0 Å². The van der Waals surface area contributed by atoms with Crippen molar-refractivity contribution in [2.75, 3.05) is 0 Å². The number of nitrogens with zero attached hydrogens (tertiary/aromatic N) is 2. The van der Waals surface area contributed by atoms with Crippen LogP contribution in [0.3, 0.4) is 0 Å². The lowest BCUT2D eigenvalue weighted by Crippen LogP contribution is -2.49. The molecule has 0 aliphatic carbocycles. The largest absolute Gasteiger partial charge is 0.347 e. The molecule has 1 N–H and O–H groups in total. The van der Waals surface area contributed by atoms with Gasteiger partial charge in [-0.15, -0.1) is 0 Å². The third-order valence-electron chi connectivity index (χ3n) is 4.32. The van der Waals surface area contributed by atoms with E-state index in [-0.39, 0.29) is 11.6 Å². The average Bonchev–Trinajstić information content (AvgIpc) is 2.62. The summed E-state index contributed by atoms with van der Waals surface area (Å²) in [5, 5.41) is 13.1. The number of rotatable bonds is 0. The highest BCUT2D eigenvalue weighted by atomic mass is 16.5. The number of hydroxylamine groups is 2. The van der Waals surface area contributed by atoms with E-state index >= 15 is 0 Å². The van der Waals surface area contributed by atoms with Crippen LogP contribution in [0.25, 0.3) is 10.9 Å². The Hall–Kier alpha value is -1.32. The zero-order valence-corrected chi connectivity index (χ0v) is 11.4. The van der Waals surface area contributed by atoms with Crippen molar-refractivity contribution >= 4 is 10.9 Å². The summed E-state index contributed by atoms with van der Waals surface area (Å²) in [4.78, 5) is 0. The zero-order chi connectivity index (χ0) is 13.1. The molecule has 0 saturated heterocycles. The summed E-state index contributed by atoms with van der Waals surface area (Å²) in [6.07, 6.45) is 0.889. The highest BCUT2D eigenvalue weighted by molar-refractivity contribution is 5.86. The van der Waals surface area contributed by atoms with Gasteiger partial charge in [-0.05, 0) is 26.8 Å². The number of aromatic nitrogens is 1. The second-order valence-corrected chi connectivity index (χ2v) is 5.85. The van der Waals surface area contributed by atoms with Crippen LogP contribution in [0.5, 0.6) is 0 Å². The normalized spacial score (nSPS) is 23.3. The van der Waals surface area contributed by atoms with Crippen LogP contribution >= 0.6 is 0 Å². The van der Waals surface area contributed by atoms with Gasteiger partial charge in [-0.2, -0.15) is 5.06 Å². The standard InChI is InChI=1S/C15H20N2O/c1-10-9-13-14(15(2,3)17(10)18)11-7-5-6-8-12(11)16(13)4/h5-8,10,18H,9H2,1-4H3. The first kappa shape index (κ1) is 11.8. The molecule has 1 aliphatic rings. The van der Waals surface area contributed by atoms with Crippen molar-refractivity contribution < 1.29 is 5.21 Å². The number of para-hydroxylation sites is 1. The molecule has 0 radical (unpaired) electrons. The molecule has 1 aliphatic heterocycles. The minimum atomic E-state index is -0.339. The molecule has 1 unspecified atom stereocenters. The van der Waals surface area contributed by atoms with Crippen molar-refractivity contribution in [3.05, 3.63) is 35.5 Å². The Bertz CT molecular complexity index is 612. The molecule has 0 bridgehead atoms. The maximum absolute atomic E-state index is 10.3. The van der Waals surface area contributed by atoms with Gasteiger partial charge < -0.3 is 9.77 Å². The van der Waals surface area contributed by atoms with Crippen molar-refractivity contribution in [3.63, 3.8) is 0 Å². The molecule has 18 heavy (non-hydrogen) atoms. The van der Waals surface area contributed by atoms with Crippen molar-refractivity contribution in [3.8, 4) is 0 Å². The van der Waals surface area contributed by atoms with Gasteiger partial charge in [0, 0.05) is 41.7 Å². The molecule has 2 aromatic rings. The number of aryl methyl sites for hydroxylation is 1. The van der Waals surface area contributed by atoms with Gasteiger partial charge in [-0.3, -0.25) is 0 Å². The molecule has 1 aromatic heterocycles. The fourth-order valence-electron chi connectivity index (χ4n) is 3.40. The van der Waals surface area contributed by atoms with Crippen LogP contribution in [0, 0.1) is 0 Å². The van der Waals surface area contributed by atoms with E-state index in [0.717, 1.165) is 6.42 Å². The van der Waals surface area contributed by atoms with Gasteiger partial charge in [0.2, 0.25) is 0 Å². The van der Waals surface area contributed by atoms with Crippen molar-refractivity contribution in [2.45, 2.75) is 38.8 Å². The van der Waals surface area contributed by atoms with E-state index in [1.165, 1.54) is 27.2 Å². The average molecular weight is 244 g/mol. The number of hydrogen-bond acceptors (Lipinski definition) is 2. The number of benzene rings is 1. The Kier molecular flexibility index (Phi) is 2.34. The van der Waals surface area contributed by atoms with Crippen LogP contribution in [-0.4, -0.2) is 20.9 Å². The van der Waals surface area contributed by atoms with Gasteiger partial charge in [-0.1, -0.05) is 18.2 Å². The molecule has 3 heteroatoms. The molecule has 0 spiro atoms. The van der Waals surface area contributed by atoms with Crippen LogP contribution < -0.4 is 0 Å². The third-order valence-corrected chi connectivity index (χ3v) is 4.32. The SMILES string of the molecule is CC1Cc2c(c3ccccc3n2C)C(C)(C)N1O. The summed E-state index contributed by atoms with van der Waals surface area (Å²) in [6, 6.07) is 8.59. The molecule has 1 aromatic carbocycles. The first-order chi connectivity index (χ1) is 8.44. The van der Waals surface area contributed by atoms with Gasteiger partial charge in [0.05, 0.1) is 5.54 Å². The van der Waals surface area contributed by atoms with Gasteiger partial charge in [0.15, 0.2) is 0 Å². The second-order valence-electron chi connectivity index (χ2n) is 5.85. The summed E-state index contributed by atoms with van der Waals surface area (Å²) in [5.74, 6) is 0. The highest BCUT2D eigenvalue weighted by Crippen LogP contribution is 2.42. The topological polar surface area (TPSA) is 28.4 Å². The summed E-state index contributed by atoms with van der Waals surface area (Å²) in [5.41, 5.74) is 3.52. The zero-order valence-electron chi connectivity index (χ0n) is 11.4. The first-order valence-electron chi connectivity index (χ1n) is 6.49. The maximum atomic E-state index is 10.3. The molecule has 0 amide bonds. The summed E-state index contributed by atoms with van der Waals surface area (Å²) < 4.78 is 2.27. The fourth-order valence-corrected chi connectivity index (χ4v) is 3.40. The minimum absolute atomic E-state index is 0.149. The van der Waals surface area contributed by atoms with Crippen molar-refractivity contribution in [2.24, 2.45) is 7.05 Å². The predicted molar refractivity (Wildman–Crippen MR) is 72.7 cm³/mol. The lowest BCUT2D eigenvalue weighted by atomic mass is 9.84. The molecular formula is C15H20N2O. The highest BCUT2D eigenvalue weighted by Gasteiger charge is 2.41. The number of fused-ring (bicyclic) bond motifs is 3. The van der Waals surface area contributed by atoms with E-state index < -0.39 is 0 Å². The van der Waals surface area contributed by atoms with E-state index in [1.807, 2.05) is 0 Å². The van der Waals surface area contributed by atoms with E-state index in [4.69, 9.17) is 0 Å². The van der Waals surface area contributed by atoms with E-state index in [0.29, 0.717) is 0 Å². The molecule has 3 nitrogen and oxygen atoms in total. The Morgan fingerprint density at radius 3 is 2.67 bits per heavy atom. The van der Waals surface area contributed by atoms with E-state index in [2.05, 4.69) is 56.7 Å². The Balaban J connectivity index is 2.40. The lowest BCUT2D eigenvalue weighted by molar-refractivity contribution is -0.198. The van der Waals surface area contributed by atoms with Crippen molar-refractivity contribution in [1.82, 2.24) is 9.63 Å². The van der Waals surface area contributed by atoms with Gasteiger partial charge in [0.1, 0.15) is 0 Å². The lowest BCUT2D eigenvalue weighted by Gasteiger charge is -2.42. The maximum Gasteiger partial charge on any atom is 0.0679 e. The van der Waals surface area contributed by atoms with E-state index in [9.17, 15) is 5.21 Å². The molecule has 0 saturated carbocycles. The smallest absolute Gasteiger partial charge is 0.0679 e. The summed E-state index contributed by atoms with van der Waals surface area (Å²) in [6.45, 7) is 6.25.